The van der Waals surface area contributed by atoms with E-state index in [-0.39, 0.29) is 11.3 Å². The Bertz CT molecular complexity index is 1540. The molecule has 1 N–H and O–H groups in total. The molecule has 0 aromatic heterocycles. The molecule has 1 aliphatic rings. The summed E-state index contributed by atoms with van der Waals surface area (Å²) in [5.41, 5.74) is 4.22. The fraction of sp³-hybridized carbons (Fsp3) is 0.152. The van der Waals surface area contributed by atoms with Gasteiger partial charge in [0, 0.05) is 11.3 Å². The average molecular weight is 522 g/mol. The minimum absolute atomic E-state index is 0.0523. The number of halogens is 1. The standard InChI is InChI=1S/C33H28FNO4/c1-3-22-9-16-27(17-10-22)35-30(24-11-14-26(34)15-12-24)29(32(37)33(35)38)31(36)25-13-18-28(21(2)19-25)39-20-23-7-5-4-6-8-23/h4-19,30,36H,3,20H2,1-2H3/b31-29-. The summed E-state index contributed by atoms with van der Waals surface area (Å²) < 4.78 is 19.7. The number of amides is 1. The van der Waals surface area contributed by atoms with Gasteiger partial charge in [-0.25, -0.2) is 4.39 Å². The van der Waals surface area contributed by atoms with Crippen molar-refractivity contribution in [1.29, 1.82) is 0 Å². The van der Waals surface area contributed by atoms with Crippen LogP contribution in [0.2, 0.25) is 0 Å². The molecule has 1 heterocycles. The number of benzene rings is 4. The van der Waals surface area contributed by atoms with Gasteiger partial charge in [0.05, 0.1) is 11.6 Å². The van der Waals surface area contributed by atoms with E-state index in [4.69, 9.17) is 4.74 Å². The van der Waals surface area contributed by atoms with E-state index in [0.29, 0.717) is 29.2 Å². The van der Waals surface area contributed by atoms with Gasteiger partial charge in [-0.05, 0) is 78.1 Å². The Kier molecular flexibility index (Phi) is 7.28. The first-order valence-electron chi connectivity index (χ1n) is 12.8. The van der Waals surface area contributed by atoms with Gasteiger partial charge in [-0.15, -0.1) is 0 Å². The third kappa shape index (κ3) is 5.18. The Morgan fingerprint density at radius 3 is 2.23 bits per heavy atom. The van der Waals surface area contributed by atoms with Crippen molar-refractivity contribution in [3.8, 4) is 5.75 Å². The van der Waals surface area contributed by atoms with Gasteiger partial charge in [-0.1, -0.05) is 61.5 Å². The topological polar surface area (TPSA) is 66.8 Å². The lowest BCUT2D eigenvalue weighted by atomic mass is 9.94. The van der Waals surface area contributed by atoms with Gasteiger partial charge in [0.25, 0.3) is 11.7 Å². The maximum Gasteiger partial charge on any atom is 0.300 e. The molecular weight excluding hydrogens is 493 g/mol. The maximum absolute atomic E-state index is 13.8. The van der Waals surface area contributed by atoms with Crippen molar-refractivity contribution in [2.45, 2.75) is 32.9 Å². The number of ketones is 1. The smallest absolute Gasteiger partial charge is 0.300 e. The van der Waals surface area contributed by atoms with Crippen LogP contribution in [0.25, 0.3) is 5.76 Å². The highest BCUT2D eigenvalue weighted by molar-refractivity contribution is 6.51. The van der Waals surface area contributed by atoms with Crippen molar-refractivity contribution in [1.82, 2.24) is 0 Å². The highest BCUT2D eigenvalue weighted by Crippen LogP contribution is 2.42. The number of Topliss-reactive ketones (excluding diaryl/α,β-unsaturated/α-hetero) is 1. The number of ether oxygens (including phenoxy) is 1. The van der Waals surface area contributed by atoms with Crippen molar-refractivity contribution in [3.05, 3.63) is 136 Å². The SMILES string of the molecule is CCc1ccc(N2C(=O)C(=O)/C(=C(\O)c3ccc(OCc4ccccc4)c(C)c3)C2c2ccc(F)cc2)cc1. The molecule has 196 valence electrons. The number of aliphatic hydroxyl groups is 1. The molecule has 0 bridgehead atoms. The number of nitrogens with zero attached hydrogens (tertiary/aromatic N) is 1. The second kappa shape index (κ2) is 11.0. The Morgan fingerprint density at radius 1 is 0.897 bits per heavy atom. The van der Waals surface area contributed by atoms with Crippen LogP contribution in [-0.2, 0) is 22.6 Å². The van der Waals surface area contributed by atoms with E-state index in [0.717, 1.165) is 23.1 Å². The Balaban J connectivity index is 1.55. The fourth-order valence-corrected chi connectivity index (χ4v) is 4.80. The van der Waals surface area contributed by atoms with Gasteiger partial charge >= 0.3 is 0 Å². The van der Waals surface area contributed by atoms with Crippen molar-refractivity contribution in [2.24, 2.45) is 0 Å². The van der Waals surface area contributed by atoms with Gasteiger partial charge < -0.3 is 9.84 Å². The lowest BCUT2D eigenvalue weighted by Crippen LogP contribution is -2.29. The number of anilines is 1. The van der Waals surface area contributed by atoms with Crippen LogP contribution in [0.5, 0.6) is 5.75 Å². The second-order valence-corrected chi connectivity index (χ2v) is 9.50. The van der Waals surface area contributed by atoms with Crippen molar-refractivity contribution < 1.29 is 23.8 Å². The van der Waals surface area contributed by atoms with E-state index in [1.165, 1.54) is 29.2 Å². The lowest BCUT2D eigenvalue weighted by Gasteiger charge is -2.25. The number of rotatable bonds is 7. The van der Waals surface area contributed by atoms with Crippen LogP contribution in [0.3, 0.4) is 0 Å². The predicted octanol–water partition coefficient (Wildman–Crippen LogP) is 6.90. The highest BCUT2D eigenvalue weighted by Gasteiger charge is 2.47. The van der Waals surface area contributed by atoms with Crippen molar-refractivity contribution >= 4 is 23.1 Å². The number of aryl methyl sites for hydroxylation is 2. The van der Waals surface area contributed by atoms with Crippen molar-refractivity contribution in [3.63, 3.8) is 0 Å². The molecule has 4 aromatic carbocycles. The molecule has 1 atom stereocenters. The van der Waals surface area contributed by atoms with E-state index >= 15 is 0 Å². The molecule has 1 unspecified atom stereocenters. The second-order valence-electron chi connectivity index (χ2n) is 9.50. The average Bonchev–Trinajstić information content (AvgIpc) is 3.22. The van der Waals surface area contributed by atoms with Gasteiger partial charge in [0.1, 0.15) is 23.9 Å². The Hall–Kier alpha value is -4.71. The van der Waals surface area contributed by atoms with Gasteiger partial charge in [-0.2, -0.15) is 0 Å². The summed E-state index contributed by atoms with van der Waals surface area (Å²) in [5, 5.41) is 11.4. The molecule has 0 spiro atoms. The summed E-state index contributed by atoms with van der Waals surface area (Å²) >= 11 is 0. The van der Waals surface area contributed by atoms with Crippen LogP contribution in [0.4, 0.5) is 10.1 Å². The molecular formula is C33H28FNO4. The first-order valence-corrected chi connectivity index (χ1v) is 12.8. The summed E-state index contributed by atoms with van der Waals surface area (Å²) in [6, 6.07) is 26.9. The fourth-order valence-electron chi connectivity index (χ4n) is 4.80. The number of carbonyl (C=O) groups is 2. The van der Waals surface area contributed by atoms with Crippen LogP contribution < -0.4 is 9.64 Å². The minimum Gasteiger partial charge on any atom is -0.507 e. The van der Waals surface area contributed by atoms with E-state index in [2.05, 4.69) is 0 Å². The molecule has 0 aliphatic carbocycles. The Labute approximate surface area is 226 Å². The van der Waals surface area contributed by atoms with Crippen LogP contribution >= 0.6 is 0 Å². The Morgan fingerprint density at radius 2 is 1.59 bits per heavy atom. The lowest BCUT2D eigenvalue weighted by molar-refractivity contribution is -0.132. The van der Waals surface area contributed by atoms with Gasteiger partial charge in [-0.3, -0.25) is 14.5 Å². The molecule has 5 rings (SSSR count). The molecule has 39 heavy (non-hydrogen) atoms. The van der Waals surface area contributed by atoms with Crippen LogP contribution in [0, 0.1) is 12.7 Å². The number of hydrogen-bond donors (Lipinski definition) is 1. The summed E-state index contributed by atoms with van der Waals surface area (Å²) in [5.74, 6) is -1.65. The molecule has 4 aromatic rings. The largest absolute Gasteiger partial charge is 0.507 e. The number of aliphatic hydroxyl groups excluding tert-OH is 1. The molecule has 1 aliphatic heterocycles. The predicted molar refractivity (Wildman–Crippen MR) is 149 cm³/mol. The van der Waals surface area contributed by atoms with Crippen LogP contribution in [-0.4, -0.2) is 16.8 Å². The quantitative estimate of drug-likeness (QED) is 0.163. The summed E-state index contributed by atoms with van der Waals surface area (Å²) in [6.45, 7) is 4.27. The summed E-state index contributed by atoms with van der Waals surface area (Å²) in [7, 11) is 0. The highest BCUT2D eigenvalue weighted by atomic mass is 19.1. The molecule has 1 amide bonds. The molecule has 5 nitrogen and oxygen atoms in total. The van der Waals surface area contributed by atoms with E-state index < -0.39 is 23.5 Å². The first kappa shape index (κ1) is 25.9. The third-order valence-corrected chi connectivity index (χ3v) is 6.94. The number of hydrogen-bond acceptors (Lipinski definition) is 4. The van der Waals surface area contributed by atoms with Gasteiger partial charge in [0.15, 0.2) is 0 Å². The zero-order chi connectivity index (χ0) is 27.5. The molecule has 1 fully saturated rings. The van der Waals surface area contributed by atoms with Crippen molar-refractivity contribution in [2.75, 3.05) is 4.90 Å². The third-order valence-electron chi connectivity index (χ3n) is 6.94. The molecule has 0 radical (unpaired) electrons. The van der Waals surface area contributed by atoms with Gasteiger partial charge in [0.2, 0.25) is 0 Å². The van der Waals surface area contributed by atoms with E-state index in [1.807, 2.05) is 56.3 Å². The first-order chi connectivity index (χ1) is 18.9. The van der Waals surface area contributed by atoms with E-state index in [9.17, 15) is 19.1 Å². The minimum atomic E-state index is -0.924. The monoisotopic (exact) mass is 521 g/mol. The molecule has 1 saturated heterocycles. The number of carbonyl (C=O) groups excluding carboxylic acids is 2. The zero-order valence-corrected chi connectivity index (χ0v) is 21.7. The van der Waals surface area contributed by atoms with Crippen LogP contribution in [0.15, 0.2) is 103 Å². The normalized spacial score (nSPS) is 16.5. The molecule has 0 saturated carbocycles. The maximum atomic E-state index is 13.8. The van der Waals surface area contributed by atoms with E-state index in [1.54, 1.807) is 30.3 Å². The zero-order valence-electron chi connectivity index (χ0n) is 21.7. The summed E-state index contributed by atoms with van der Waals surface area (Å²) in [6.07, 6.45) is 0.824. The van der Waals surface area contributed by atoms with Crippen LogP contribution in [0.1, 0.15) is 40.8 Å². The summed E-state index contributed by atoms with van der Waals surface area (Å²) in [4.78, 5) is 28.1. The molecule has 6 heteroatoms.